The van der Waals surface area contributed by atoms with Crippen molar-refractivity contribution in [3.8, 4) is 11.8 Å². The van der Waals surface area contributed by atoms with Crippen LogP contribution in [-0.2, 0) is 4.74 Å². The van der Waals surface area contributed by atoms with Crippen LogP contribution in [0.3, 0.4) is 0 Å². The van der Waals surface area contributed by atoms with Crippen molar-refractivity contribution in [2.75, 3.05) is 40.0 Å². The van der Waals surface area contributed by atoms with E-state index < -0.39 is 0 Å². The first-order valence-corrected chi connectivity index (χ1v) is 7.67. The summed E-state index contributed by atoms with van der Waals surface area (Å²) < 4.78 is 11.1. The zero-order valence-corrected chi connectivity index (χ0v) is 12.8. The number of hydrogen-bond donors (Lipinski definition) is 0. The van der Waals surface area contributed by atoms with Crippen molar-refractivity contribution in [2.45, 2.75) is 19.3 Å². The van der Waals surface area contributed by atoms with Crippen LogP contribution in [0.4, 0.5) is 0 Å². The Hall–Kier alpha value is -1.57. The molecule has 0 unspecified atom stereocenters. The highest BCUT2D eigenvalue weighted by Gasteiger charge is 2.15. The van der Waals surface area contributed by atoms with Gasteiger partial charge in [-0.15, -0.1) is 0 Å². The fraction of sp³-hybridized carbons (Fsp3) is 0.588. The number of rotatable bonds is 7. The Morgan fingerprint density at radius 2 is 2.19 bits per heavy atom. The number of nitriles is 1. The molecule has 0 aromatic heterocycles. The molecule has 21 heavy (non-hydrogen) atoms. The lowest BCUT2D eigenvalue weighted by Crippen LogP contribution is -2.30. The van der Waals surface area contributed by atoms with Gasteiger partial charge >= 0.3 is 0 Å². The second-order valence-corrected chi connectivity index (χ2v) is 5.66. The normalized spacial score (nSPS) is 15.9. The van der Waals surface area contributed by atoms with Gasteiger partial charge in [0.25, 0.3) is 0 Å². The Bertz CT molecular complexity index is 464. The van der Waals surface area contributed by atoms with E-state index in [-0.39, 0.29) is 0 Å². The van der Waals surface area contributed by atoms with E-state index in [1.54, 1.807) is 12.1 Å². The van der Waals surface area contributed by atoms with Gasteiger partial charge in [-0.1, -0.05) is 6.07 Å². The van der Waals surface area contributed by atoms with Crippen LogP contribution in [-0.4, -0.2) is 44.9 Å². The predicted molar refractivity (Wildman–Crippen MR) is 82.3 cm³/mol. The fourth-order valence-electron chi connectivity index (χ4n) is 2.64. The van der Waals surface area contributed by atoms with Crippen LogP contribution in [0.15, 0.2) is 24.3 Å². The van der Waals surface area contributed by atoms with E-state index in [1.807, 2.05) is 12.1 Å². The van der Waals surface area contributed by atoms with Gasteiger partial charge in [0.1, 0.15) is 5.75 Å². The van der Waals surface area contributed by atoms with E-state index in [2.05, 4.69) is 18.0 Å². The summed E-state index contributed by atoms with van der Waals surface area (Å²) in [5, 5.41) is 8.84. The molecule has 0 N–H and O–H groups in total. The number of benzene rings is 1. The zero-order chi connectivity index (χ0) is 14.9. The van der Waals surface area contributed by atoms with E-state index in [0.717, 1.165) is 44.4 Å². The highest BCUT2D eigenvalue weighted by Crippen LogP contribution is 2.16. The lowest BCUT2D eigenvalue weighted by atomic mass is 10.00. The molecular weight excluding hydrogens is 264 g/mol. The summed E-state index contributed by atoms with van der Waals surface area (Å²) in [6.45, 7) is 4.70. The molecule has 1 heterocycles. The standard InChI is InChI=1S/C17H24N2O2/c1-19(14-15-6-10-20-11-7-15)8-3-9-21-17-5-2-4-16(12-17)13-18/h2,4-5,12,15H,3,6-11,14H2,1H3. The molecule has 0 spiro atoms. The van der Waals surface area contributed by atoms with Gasteiger partial charge < -0.3 is 14.4 Å². The van der Waals surface area contributed by atoms with Crippen LogP contribution in [0.2, 0.25) is 0 Å². The molecule has 1 aromatic rings. The van der Waals surface area contributed by atoms with E-state index in [0.29, 0.717) is 12.2 Å². The van der Waals surface area contributed by atoms with E-state index in [1.165, 1.54) is 12.8 Å². The van der Waals surface area contributed by atoms with Gasteiger partial charge in [-0.05, 0) is 50.4 Å². The van der Waals surface area contributed by atoms with Crippen molar-refractivity contribution >= 4 is 0 Å². The number of nitrogens with zero attached hydrogens (tertiary/aromatic N) is 2. The maximum atomic E-state index is 8.84. The minimum absolute atomic E-state index is 0.643. The second-order valence-electron chi connectivity index (χ2n) is 5.66. The van der Waals surface area contributed by atoms with Crippen LogP contribution in [0.1, 0.15) is 24.8 Å². The SMILES string of the molecule is CN(CCCOc1cccc(C#N)c1)CC1CCOCC1. The minimum Gasteiger partial charge on any atom is -0.494 e. The highest BCUT2D eigenvalue weighted by molar-refractivity contribution is 5.36. The average molecular weight is 288 g/mol. The van der Waals surface area contributed by atoms with Crippen LogP contribution >= 0.6 is 0 Å². The summed E-state index contributed by atoms with van der Waals surface area (Å²) in [4.78, 5) is 2.38. The molecule has 1 aromatic carbocycles. The van der Waals surface area contributed by atoms with Gasteiger partial charge in [0, 0.05) is 26.3 Å². The molecule has 0 radical (unpaired) electrons. The smallest absolute Gasteiger partial charge is 0.120 e. The predicted octanol–water partition coefficient (Wildman–Crippen LogP) is 2.69. The van der Waals surface area contributed by atoms with Crippen molar-refractivity contribution in [3.63, 3.8) is 0 Å². The van der Waals surface area contributed by atoms with Crippen molar-refractivity contribution < 1.29 is 9.47 Å². The lowest BCUT2D eigenvalue weighted by molar-refractivity contribution is 0.0552. The molecule has 0 atom stereocenters. The molecule has 2 rings (SSSR count). The van der Waals surface area contributed by atoms with E-state index >= 15 is 0 Å². The lowest BCUT2D eigenvalue weighted by Gasteiger charge is -2.27. The maximum absolute atomic E-state index is 8.84. The molecule has 1 fully saturated rings. The first-order chi connectivity index (χ1) is 10.3. The monoisotopic (exact) mass is 288 g/mol. The summed E-state index contributed by atoms with van der Waals surface area (Å²) in [5.41, 5.74) is 0.643. The Morgan fingerprint density at radius 3 is 2.95 bits per heavy atom. The van der Waals surface area contributed by atoms with Crippen LogP contribution in [0, 0.1) is 17.2 Å². The van der Waals surface area contributed by atoms with Gasteiger partial charge in [-0.25, -0.2) is 0 Å². The molecule has 0 saturated carbocycles. The topological polar surface area (TPSA) is 45.5 Å². The van der Waals surface area contributed by atoms with Gasteiger partial charge in [0.05, 0.1) is 18.2 Å². The molecule has 114 valence electrons. The summed E-state index contributed by atoms with van der Waals surface area (Å²) in [6, 6.07) is 9.44. The summed E-state index contributed by atoms with van der Waals surface area (Å²) in [5.74, 6) is 1.55. The van der Waals surface area contributed by atoms with Gasteiger partial charge in [-0.2, -0.15) is 5.26 Å². The minimum atomic E-state index is 0.643. The summed E-state index contributed by atoms with van der Waals surface area (Å²) in [6.07, 6.45) is 3.36. The van der Waals surface area contributed by atoms with Crippen LogP contribution in [0.25, 0.3) is 0 Å². The molecule has 4 heteroatoms. The molecule has 1 aliphatic rings. The van der Waals surface area contributed by atoms with Crippen LogP contribution in [0.5, 0.6) is 5.75 Å². The molecule has 1 aliphatic heterocycles. The van der Waals surface area contributed by atoms with E-state index in [9.17, 15) is 0 Å². The van der Waals surface area contributed by atoms with Gasteiger partial charge in [-0.3, -0.25) is 0 Å². The van der Waals surface area contributed by atoms with Crippen molar-refractivity contribution in [3.05, 3.63) is 29.8 Å². The third-order valence-electron chi connectivity index (χ3n) is 3.83. The second kappa shape index (κ2) is 8.66. The largest absolute Gasteiger partial charge is 0.494 e. The molecule has 1 saturated heterocycles. The molecule has 0 bridgehead atoms. The third kappa shape index (κ3) is 5.74. The molecular formula is C17H24N2O2. The van der Waals surface area contributed by atoms with Crippen molar-refractivity contribution in [1.82, 2.24) is 4.90 Å². The van der Waals surface area contributed by atoms with Gasteiger partial charge in [0.2, 0.25) is 0 Å². The zero-order valence-electron chi connectivity index (χ0n) is 12.8. The first kappa shape index (κ1) is 15.8. The highest BCUT2D eigenvalue weighted by atomic mass is 16.5. The first-order valence-electron chi connectivity index (χ1n) is 7.67. The summed E-state index contributed by atoms with van der Waals surface area (Å²) >= 11 is 0. The Kier molecular flexibility index (Phi) is 6.52. The third-order valence-corrected chi connectivity index (χ3v) is 3.83. The number of ether oxygens (including phenoxy) is 2. The van der Waals surface area contributed by atoms with Gasteiger partial charge in [0.15, 0.2) is 0 Å². The Labute approximate surface area is 127 Å². The van der Waals surface area contributed by atoms with Crippen molar-refractivity contribution in [1.29, 1.82) is 5.26 Å². The molecule has 0 aliphatic carbocycles. The fourth-order valence-corrected chi connectivity index (χ4v) is 2.64. The van der Waals surface area contributed by atoms with Crippen LogP contribution < -0.4 is 4.74 Å². The average Bonchev–Trinajstić information content (AvgIpc) is 2.53. The quantitative estimate of drug-likeness (QED) is 0.724. The molecule has 4 nitrogen and oxygen atoms in total. The van der Waals surface area contributed by atoms with E-state index in [4.69, 9.17) is 14.7 Å². The maximum Gasteiger partial charge on any atom is 0.120 e. The summed E-state index contributed by atoms with van der Waals surface area (Å²) in [7, 11) is 2.17. The van der Waals surface area contributed by atoms with Crippen molar-refractivity contribution in [2.24, 2.45) is 5.92 Å². The number of hydrogen-bond acceptors (Lipinski definition) is 4. The Morgan fingerprint density at radius 1 is 1.38 bits per heavy atom. The Balaban J connectivity index is 1.61. The molecule has 0 amide bonds.